The highest BCUT2D eigenvalue weighted by Crippen LogP contribution is 2.30. The Hall–Kier alpha value is -2.93. The fourth-order valence-corrected chi connectivity index (χ4v) is 4.02. The number of nitrogens with zero attached hydrogens (tertiary/aromatic N) is 1. The van der Waals surface area contributed by atoms with Crippen molar-refractivity contribution in [3.8, 4) is 11.5 Å². The van der Waals surface area contributed by atoms with Crippen LogP contribution in [0.2, 0.25) is 0 Å². The van der Waals surface area contributed by atoms with E-state index in [9.17, 15) is 13.6 Å². The Labute approximate surface area is 188 Å². The molecule has 2 aromatic carbocycles. The normalized spacial score (nSPS) is 19.2. The maximum Gasteiger partial charge on any atom is 0.248 e. The van der Waals surface area contributed by atoms with Crippen LogP contribution in [0.3, 0.4) is 0 Å². The van der Waals surface area contributed by atoms with E-state index in [1.807, 2.05) is 0 Å². The van der Waals surface area contributed by atoms with Crippen molar-refractivity contribution in [2.75, 3.05) is 25.6 Å². The smallest absolute Gasteiger partial charge is 0.248 e. The number of likely N-dealkylation sites (tertiary alicyclic amines) is 1. The first-order valence-electron chi connectivity index (χ1n) is 10.9. The molecule has 1 aliphatic rings. The van der Waals surface area contributed by atoms with Gasteiger partial charge in [0.1, 0.15) is 6.61 Å². The number of hydrogen-bond acceptors (Lipinski definition) is 4. The molecule has 5 nitrogen and oxygen atoms in total. The van der Waals surface area contributed by atoms with Gasteiger partial charge in [-0.2, -0.15) is 0 Å². The standard InChI is InChI=1S/C25H30F2N2O3/c1-17-5-4-6-18(2)29(17)13-14-32-24-16-20(9-11-23(24)31-3)28-25(30)12-8-19-7-10-21(26)22(27)15-19/h7-12,15-18H,4-6,13-14H2,1-3H3,(H,28,30). The minimum atomic E-state index is -0.960. The fraction of sp³-hybridized carbons (Fsp3) is 0.400. The van der Waals surface area contributed by atoms with Crippen molar-refractivity contribution in [1.29, 1.82) is 0 Å². The van der Waals surface area contributed by atoms with Crippen LogP contribution in [0.5, 0.6) is 11.5 Å². The number of carbonyl (C=O) groups is 1. The molecule has 0 bridgehead atoms. The van der Waals surface area contributed by atoms with Crippen LogP contribution in [0.25, 0.3) is 6.08 Å². The van der Waals surface area contributed by atoms with Crippen molar-refractivity contribution in [2.45, 2.75) is 45.2 Å². The molecule has 2 atom stereocenters. The molecule has 1 fully saturated rings. The second-order valence-corrected chi connectivity index (χ2v) is 8.08. The molecule has 1 N–H and O–H groups in total. The molecule has 1 aliphatic heterocycles. The Balaban J connectivity index is 1.60. The van der Waals surface area contributed by atoms with E-state index >= 15 is 0 Å². The molecule has 0 aromatic heterocycles. The number of benzene rings is 2. The Morgan fingerprint density at radius 1 is 1.09 bits per heavy atom. The number of carbonyl (C=O) groups excluding carboxylic acids is 1. The molecule has 2 unspecified atom stereocenters. The summed E-state index contributed by atoms with van der Waals surface area (Å²) in [6, 6.07) is 9.68. The number of methoxy groups -OCH3 is 1. The summed E-state index contributed by atoms with van der Waals surface area (Å²) in [5.41, 5.74) is 0.930. The molecule has 7 heteroatoms. The highest BCUT2D eigenvalue weighted by atomic mass is 19.2. The van der Waals surface area contributed by atoms with Crippen LogP contribution in [0.4, 0.5) is 14.5 Å². The SMILES string of the molecule is COc1ccc(NC(=O)C=Cc2ccc(F)c(F)c2)cc1OCCN1C(C)CCCC1C. The van der Waals surface area contributed by atoms with E-state index in [-0.39, 0.29) is 0 Å². The topological polar surface area (TPSA) is 50.8 Å². The van der Waals surface area contributed by atoms with Gasteiger partial charge in [0, 0.05) is 36.5 Å². The molecular formula is C25H30F2N2O3. The Morgan fingerprint density at radius 2 is 1.84 bits per heavy atom. The highest BCUT2D eigenvalue weighted by Gasteiger charge is 2.24. The average molecular weight is 445 g/mol. The third-order valence-electron chi connectivity index (χ3n) is 5.79. The largest absolute Gasteiger partial charge is 0.493 e. The zero-order valence-electron chi connectivity index (χ0n) is 18.7. The number of nitrogens with one attached hydrogen (secondary N) is 1. The molecule has 0 saturated carbocycles. The molecule has 32 heavy (non-hydrogen) atoms. The van der Waals surface area contributed by atoms with E-state index in [2.05, 4.69) is 24.1 Å². The van der Waals surface area contributed by atoms with Crippen LogP contribution >= 0.6 is 0 Å². The first-order valence-corrected chi connectivity index (χ1v) is 10.9. The Bertz CT molecular complexity index is 954. The van der Waals surface area contributed by atoms with Crippen LogP contribution < -0.4 is 14.8 Å². The summed E-state index contributed by atoms with van der Waals surface area (Å²) >= 11 is 0. The van der Waals surface area contributed by atoms with Gasteiger partial charge in [0.05, 0.1) is 7.11 Å². The van der Waals surface area contributed by atoms with Gasteiger partial charge in [0.2, 0.25) is 5.91 Å². The van der Waals surface area contributed by atoms with E-state index in [4.69, 9.17) is 9.47 Å². The van der Waals surface area contributed by atoms with Crippen LogP contribution in [-0.2, 0) is 4.79 Å². The summed E-state index contributed by atoms with van der Waals surface area (Å²) in [5.74, 6) is -1.16. The van der Waals surface area contributed by atoms with E-state index in [1.54, 1.807) is 25.3 Å². The van der Waals surface area contributed by atoms with E-state index in [0.717, 1.165) is 18.7 Å². The van der Waals surface area contributed by atoms with Crippen LogP contribution in [0, 0.1) is 11.6 Å². The van der Waals surface area contributed by atoms with Gasteiger partial charge < -0.3 is 14.8 Å². The van der Waals surface area contributed by atoms with Crippen molar-refractivity contribution in [3.63, 3.8) is 0 Å². The summed E-state index contributed by atoms with van der Waals surface area (Å²) in [4.78, 5) is 14.7. The zero-order chi connectivity index (χ0) is 23.1. The van der Waals surface area contributed by atoms with Crippen molar-refractivity contribution in [3.05, 3.63) is 59.7 Å². The highest BCUT2D eigenvalue weighted by molar-refractivity contribution is 6.02. The molecule has 3 rings (SSSR count). The second-order valence-electron chi connectivity index (χ2n) is 8.08. The summed E-state index contributed by atoms with van der Waals surface area (Å²) in [6.45, 7) is 5.83. The number of ether oxygens (including phenoxy) is 2. The van der Waals surface area contributed by atoms with Crippen LogP contribution in [0.15, 0.2) is 42.5 Å². The second kappa shape index (κ2) is 11.1. The third kappa shape index (κ3) is 6.29. The molecular weight excluding hydrogens is 414 g/mol. The predicted molar refractivity (Wildman–Crippen MR) is 122 cm³/mol. The van der Waals surface area contributed by atoms with Gasteiger partial charge in [-0.3, -0.25) is 9.69 Å². The number of anilines is 1. The Morgan fingerprint density at radius 3 is 2.53 bits per heavy atom. The molecule has 1 saturated heterocycles. The van der Waals surface area contributed by atoms with E-state index < -0.39 is 17.5 Å². The van der Waals surface area contributed by atoms with Crippen molar-refractivity contribution in [2.24, 2.45) is 0 Å². The first kappa shape index (κ1) is 23.7. The van der Waals surface area contributed by atoms with Crippen LogP contribution in [0.1, 0.15) is 38.7 Å². The summed E-state index contributed by atoms with van der Waals surface area (Å²) in [6.07, 6.45) is 6.34. The third-order valence-corrected chi connectivity index (χ3v) is 5.79. The molecule has 172 valence electrons. The van der Waals surface area contributed by atoms with Gasteiger partial charge in [-0.1, -0.05) is 12.5 Å². The summed E-state index contributed by atoms with van der Waals surface area (Å²) in [7, 11) is 1.57. The van der Waals surface area contributed by atoms with E-state index in [1.165, 1.54) is 37.5 Å². The van der Waals surface area contributed by atoms with Gasteiger partial charge in [0.15, 0.2) is 23.1 Å². The average Bonchev–Trinajstić information content (AvgIpc) is 2.77. The zero-order valence-corrected chi connectivity index (χ0v) is 18.7. The van der Waals surface area contributed by atoms with Gasteiger partial charge in [-0.05, 0) is 62.6 Å². The number of halogens is 2. The lowest BCUT2D eigenvalue weighted by Crippen LogP contribution is -2.45. The lowest BCUT2D eigenvalue weighted by molar-refractivity contribution is -0.111. The van der Waals surface area contributed by atoms with E-state index in [0.29, 0.717) is 41.4 Å². The predicted octanol–water partition coefficient (Wildman–Crippen LogP) is 5.27. The molecule has 2 aromatic rings. The van der Waals surface area contributed by atoms with Crippen molar-refractivity contribution >= 4 is 17.7 Å². The molecule has 0 spiro atoms. The molecule has 1 heterocycles. The minimum absolute atomic E-state index is 0.388. The lowest BCUT2D eigenvalue weighted by Gasteiger charge is -2.38. The monoisotopic (exact) mass is 444 g/mol. The number of piperidine rings is 1. The van der Waals surface area contributed by atoms with Gasteiger partial charge in [-0.25, -0.2) is 8.78 Å². The first-order chi connectivity index (χ1) is 15.4. The fourth-order valence-electron chi connectivity index (χ4n) is 4.02. The quantitative estimate of drug-likeness (QED) is 0.564. The molecule has 0 radical (unpaired) electrons. The Kier molecular flexibility index (Phi) is 8.22. The van der Waals surface area contributed by atoms with Gasteiger partial charge >= 0.3 is 0 Å². The summed E-state index contributed by atoms with van der Waals surface area (Å²) < 4.78 is 37.7. The number of amides is 1. The van der Waals surface area contributed by atoms with Gasteiger partial charge in [0.25, 0.3) is 0 Å². The van der Waals surface area contributed by atoms with Crippen LogP contribution in [-0.4, -0.2) is 43.2 Å². The number of rotatable bonds is 8. The van der Waals surface area contributed by atoms with Gasteiger partial charge in [-0.15, -0.1) is 0 Å². The molecule has 0 aliphatic carbocycles. The lowest BCUT2D eigenvalue weighted by atomic mass is 9.98. The summed E-state index contributed by atoms with van der Waals surface area (Å²) in [5, 5.41) is 2.74. The maximum atomic E-state index is 13.3. The molecule has 1 amide bonds. The number of hydrogen-bond donors (Lipinski definition) is 1. The van der Waals surface area contributed by atoms with Crippen molar-refractivity contribution in [1.82, 2.24) is 4.90 Å². The van der Waals surface area contributed by atoms with Crippen molar-refractivity contribution < 1.29 is 23.0 Å². The maximum absolute atomic E-state index is 13.3. The minimum Gasteiger partial charge on any atom is -0.493 e.